The van der Waals surface area contributed by atoms with Gasteiger partial charge in [-0.05, 0) is 31.5 Å². The first-order valence-corrected chi connectivity index (χ1v) is 7.60. The highest BCUT2D eigenvalue weighted by Crippen LogP contribution is 2.10. The molecular formula is C16H23N3O3. The van der Waals surface area contributed by atoms with E-state index >= 15 is 0 Å². The topological polar surface area (TPSA) is 61.9 Å². The van der Waals surface area contributed by atoms with Gasteiger partial charge in [-0.15, -0.1) is 0 Å². The number of hydrogen-bond donors (Lipinski definition) is 1. The van der Waals surface area contributed by atoms with E-state index < -0.39 is 0 Å². The summed E-state index contributed by atoms with van der Waals surface area (Å²) in [6.07, 6.45) is -0.299. The first kappa shape index (κ1) is 16.1. The molecule has 0 atom stereocenters. The smallest absolute Gasteiger partial charge is 0.409 e. The normalized spacial score (nSPS) is 14.6. The van der Waals surface area contributed by atoms with Crippen molar-refractivity contribution in [1.82, 2.24) is 9.80 Å². The number of aryl methyl sites for hydroxylation is 1. The Bertz CT molecular complexity index is 525. The van der Waals surface area contributed by atoms with Crippen molar-refractivity contribution in [2.45, 2.75) is 13.8 Å². The number of benzene rings is 1. The summed E-state index contributed by atoms with van der Waals surface area (Å²) < 4.78 is 4.96. The van der Waals surface area contributed by atoms with Crippen LogP contribution >= 0.6 is 0 Å². The van der Waals surface area contributed by atoms with Crippen LogP contribution in [-0.4, -0.2) is 61.1 Å². The van der Waals surface area contributed by atoms with Crippen molar-refractivity contribution in [3.63, 3.8) is 0 Å². The molecule has 1 heterocycles. The van der Waals surface area contributed by atoms with Crippen molar-refractivity contribution in [3.8, 4) is 0 Å². The third kappa shape index (κ3) is 4.38. The Labute approximate surface area is 131 Å². The van der Waals surface area contributed by atoms with Gasteiger partial charge in [0.2, 0.25) is 5.91 Å². The fourth-order valence-corrected chi connectivity index (χ4v) is 2.40. The molecule has 1 fully saturated rings. The van der Waals surface area contributed by atoms with Gasteiger partial charge in [-0.25, -0.2) is 4.79 Å². The molecule has 2 amide bonds. The zero-order valence-electron chi connectivity index (χ0n) is 13.2. The molecule has 0 unspecified atom stereocenters. The maximum Gasteiger partial charge on any atom is 0.409 e. The fourth-order valence-electron chi connectivity index (χ4n) is 2.40. The van der Waals surface area contributed by atoms with E-state index in [1.165, 1.54) is 0 Å². The van der Waals surface area contributed by atoms with E-state index in [4.69, 9.17) is 4.74 Å². The SMILES string of the molecule is CCOC(=O)N1CCN(C(=O)CNc2cccc(C)c2)CC1. The van der Waals surface area contributed by atoms with Crippen LogP contribution in [0.5, 0.6) is 0 Å². The van der Waals surface area contributed by atoms with E-state index in [1.54, 1.807) is 16.7 Å². The summed E-state index contributed by atoms with van der Waals surface area (Å²) in [5, 5.41) is 3.14. The zero-order chi connectivity index (χ0) is 15.9. The Morgan fingerprint density at radius 1 is 1.18 bits per heavy atom. The van der Waals surface area contributed by atoms with Crippen LogP contribution in [0.3, 0.4) is 0 Å². The minimum atomic E-state index is -0.299. The molecule has 1 aliphatic heterocycles. The lowest BCUT2D eigenvalue weighted by Crippen LogP contribution is -2.51. The molecule has 22 heavy (non-hydrogen) atoms. The van der Waals surface area contributed by atoms with Crippen molar-refractivity contribution in [2.24, 2.45) is 0 Å². The number of carbonyl (C=O) groups is 2. The Hall–Kier alpha value is -2.24. The van der Waals surface area contributed by atoms with Crippen LogP contribution in [0, 0.1) is 6.92 Å². The highest BCUT2D eigenvalue weighted by atomic mass is 16.6. The minimum Gasteiger partial charge on any atom is -0.450 e. The number of amides is 2. The van der Waals surface area contributed by atoms with Crippen LogP contribution in [0.4, 0.5) is 10.5 Å². The van der Waals surface area contributed by atoms with Crippen LogP contribution in [0.25, 0.3) is 0 Å². The monoisotopic (exact) mass is 305 g/mol. The Morgan fingerprint density at radius 3 is 2.50 bits per heavy atom. The predicted octanol–water partition coefficient (Wildman–Crippen LogP) is 1.71. The molecule has 0 bridgehead atoms. The molecule has 1 aromatic rings. The number of rotatable bonds is 4. The van der Waals surface area contributed by atoms with E-state index in [9.17, 15) is 9.59 Å². The standard InChI is InChI=1S/C16H23N3O3/c1-3-22-16(21)19-9-7-18(8-10-19)15(20)12-17-14-6-4-5-13(2)11-14/h4-6,11,17H,3,7-10,12H2,1-2H3. The van der Waals surface area contributed by atoms with E-state index in [0.717, 1.165) is 11.3 Å². The maximum absolute atomic E-state index is 12.2. The van der Waals surface area contributed by atoms with Gasteiger partial charge >= 0.3 is 6.09 Å². The molecule has 2 rings (SSSR count). The second-order valence-corrected chi connectivity index (χ2v) is 5.29. The van der Waals surface area contributed by atoms with Crippen LogP contribution in [-0.2, 0) is 9.53 Å². The summed E-state index contributed by atoms with van der Waals surface area (Å²) in [5.41, 5.74) is 2.10. The van der Waals surface area contributed by atoms with E-state index in [0.29, 0.717) is 32.8 Å². The number of ether oxygens (including phenoxy) is 1. The molecular weight excluding hydrogens is 282 g/mol. The number of nitrogens with zero attached hydrogens (tertiary/aromatic N) is 2. The number of hydrogen-bond acceptors (Lipinski definition) is 4. The Morgan fingerprint density at radius 2 is 1.86 bits per heavy atom. The average molecular weight is 305 g/mol. The molecule has 0 aromatic heterocycles. The first-order valence-electron chi connectivity index (χ1n) is 7.60. The molecule has 1 N–H and O–H groups in total. The minimum absolute atomic E-state index is 0.0463. The summed E-state index contributed by atoms with van der Waals surface area (Å²) in [7, 11) is 0. The number of nitrogens with one attached hydrogen (secondary N) is 1. The highest BCUT2D eigenvalue weighted by Gasteiger charge is 2.24. The molecule has 1 saturated heterocycles. The second kappa shape index (κ2) is 7.68. The largest absolute Gasteiger partial charge is 0.450 e. The van der Waals surface area contributed by atoms with Gasteiger partial charge in [-0.1, -0.05) is 12.1 Å². The quantitative estimate of drug-likeness (QED) is 0.920. The first-order chi connectivity index (χ1) is 10.6. The van der Waals surface area contributed by atoms with E-state index in [1.807, 2.05) is 31.2 Å². The third-order valence-electron chi connectivity index (χ3n) is 3.62. The molecule has 6 heteroatoms. The van der Waals surface area contributed by atoms with Crippen molar-refractivity contribution in [1.29, 1.82) is 0 Å². The van der Waals surface area contributed by atoms with Crippen molar-refractivity contribution < 1.29 is 14.3 Å². The molecule has 0 saturated carbocycles. The molecule has 1 aliphatic rings. The molecule has 6 nitrogen and oxygen atoms in total. The van der Waals surface area contributed by atoms with Crippen molar-refractivity contribution >= 4 is 17.7 Å². The fraction of sp³-hybridized carbons (Fsp3) is 0.500. The number of carbonyl (C=O) groups excluding carboxylic acids is 2. The summed E-state index contributed by atoms with van der Waals surface area (Å²) in [6.45, 7) is 6.59. The predicted molar refractivity (Wildman–Crippen MR) is 84.8 cm³/mol. The van der Waals surface area contributed by atoms with Gasteiger partial charge in [0.1, 0.15) is 0 Å². The highest BCUT2D eigenvalue weighted by molar-refractivity contribution is 5.81. The number of piperazine rings is 1. The lowest BCUT2D eigenvalue weighted by molar-refractivity contribution is -0.130. The van der Waals surface area contributed by atoms with Gasteiger partial charge in [0, 0.05) is 31.9 Å². The lowest BCUT2D eigenvalue weighted by atomic mass is 10.2. The van der Waals surface area contributed by atoms with Gasteiger partial charge in [-0.2, -0.15) is 0 Å². The Kier molecular flexibility index (Phi) is 5.63. The molecule has 0 radical (unpaired) electrons. The molecule has 0 spiro atoms. The van der Waals surface area contributed by atoms with Crippen LogP contribution < -0.4 is 5.32 Å². The van der Waals surface area contributed by atoms with Crippen LogP contribution in [0.1, 0.15) is 12.5 Å². The van der Waals surface area contributed by atoms with Gasteiger partial charge in [-0.3, -0.25) is 4.79 Å². The van der Waals surface area contributed by atoms with Crippen LogP contribution in [0.15, 0.2) is 24.3 Å². The Balaban J connectivity index is 1.76. The summed E-state index contributed by atoms with van der Waals surface area (Å²) in [6, 6.07) is 7.92. The maximum atomic E-state index is 12.2. The lowest BCUT2D eigenvalue weighted by Gasteiger charge is -2.34. The molecule has 1 aromatic carbocycles. The van der Waals surface area contributed by atoms with Crippen molar-refractivity contribution in [2.75, 3.05) is 44.6 Å². The van der Waals surface area contributed by atoms with Gasteiger partial charge < -0.3 is 19.9 Å². The number of anilines is 1. The summed E-state index contributed by atoms with van der Waals surface area (Å²) in [4.78, 5) is 27.2. The molecule has 120 valence electrons. The average Bonchev–Trinajstić information content (AvgIpc) is 2.53. The van der Waals surface area contributed by atoms with Crippen LogP contribution in [0.2, 0.25) is 0 Å². The summed E-state index contributed by atoms with van der Waals surface area (Å²) in [5.74, 6) is 0.0463. The molecule has 0 aliphatic carbocycles. The van der Waals surface area contributed by atoms with E-state index in [2.05, 4.69) is 5.32 Å². The third-order valence-corrected chi connectivity index (χ3v) is 3.62. The second-order valence-electron chi connectivity index (χ2n) is 5.29. The summed E-state index contributed by atoms with van der Waals surface area (Å²) >= 11 is 0. The van der Waals surface area contributed by atoms with Crippen molar-refractivity contribution in [3.05, 3.63) is 29.8 Å². The van der Waals surface area contributed by atoms with Gasteiger partial charge in [0.15, 0.2) is 0 Å². The van der Waals surface area contributed by atoms with Gasteiger partial charge in [0.05, 0.1) is 13.2 Å². The van der Waals surface area contributed by atoms with Gasteiger partial charge in [0.25, 0.3) is 0 Å². The zero-order valence-corrected chi connectivity index (χ0v) is 13.2. The van der Waals surface area contributed by atoms with E-state index in [-0.39, 0.29) is 18.5 Å².